The van der Waals surface area contributed by atoms with Crippen molar-refractivity contribution in [2.45, 2.75) is 39.7 Å². The largest absolute Gasteiger partial charge is 0.394 e. The molecule has 0 aromatic heterocycles. The standard InChI is InChI=1S/C16H23NO2/c1-4-11-5-7-12(8-6-11)14(10-18)17-15(19)13-9-16(13,2)3/h5-8,13-14,18H,4,9-10H2,1-3H3,(H,17,19)/t13-,14?/m1/s1. The molecule has 1 amide bonds. The first kappa shape index (κ1) is 14.1. The number of rotatable bonds is 5. The summed E-state index contributed by atoms with van der Waals surface area (Å²) in [5, 5.41) is 12.4. The van der Waals surface area contributed by atoms with Gasteiger partial charge in [-0.25, -0.2) is 0 Å². The number of nitrogens with one attached hydrogen (secondary N) is 1. The predicted octanol–water partition coefficient (Wildman–Crippen LogP) is 2.44. The van der Waals surface area contributed by atoms with Crippen LogP contribution >= 0.6 is 0 Å². The van der Waals surface area contributed by atoms with E-state index in [9.17, 15) is 9.90 Å². The molecular formula is C16H23NO2. The number of aliphatic hydroxyl groups excluding tert-OH is 1. The molecule has 0 spiro atoms. The average molecular weight is 261 g/mol. The van der Waals surface area contributed by atoms with Gasteiger partial charge < -0.3 is 10.4 Å². The number of benzene rings is 1. The molecule has 1 fully saturated rings. The van der Waals surface area contributed by atoms with Gasteiger partial charge in [0.1, 0.15) is 0 Å². The number of amides is 1. The van der Waals surface area contributed by atoms with Crippen molar-refractivity contribution in [3.8, 4) is 0 Å². The Morgan fingerprint density at radius 1 is 1.42 bits per heavy atom. The van der Waals surface area contributed by atoms with E-state index in [1.54, 1.807) is 0 Å². The second kappa shape index (κ2) is 5.33. The van der Waals surface area contributed by atoms with Crippen LogP contribution in [0.5, 0.6) is 0 Å². The van der Waals surface area contributed by atoms with E-state index in [2.05, 4.69) is 26.1 Å². The first-order chi connectivity index (χ1) is 8.97. The van der Waals surface area contributed by atoms with Crippen LogP contribution in [-0.2, 0) is 11.2 Å². The van der Waals surface area contributed by atoms with Crippen LogP contribution in [0.25, 0.3) is 0 Å². The number of aliphatic hydroxyl groups is 1. The molecule has 2 atom stereocenters. The molecule has 0 heterocycles. The van der Waals surface area contributed by atoms with Gasteiger partial charge in [0.2, 0.25) is 5.91 Å². The highest BCUT2D eigenvalue weighted by atomic mass is 16.3. The summed E-state index contributed by atoms with van der Waals surface area (Å²) in [5.74, 6) is 0.153. The predicted molar refractivity (Wildman–Crippen MR) is 75.7 cm³/mol. The zero-order valence-electron chi connectivity index (χ0n) is 11.9. The van der Waals surface area contributed by atoms with Gasteiger partial charge in [-0.2, -0.15) is 0 Å². The maximum atomic E-state index is 12.1. The van der Waals surface area contributed by atoms with Crippen LogP contribution < -0.4 is 5.32 Å². The lowest BCUT2D eigenvalue weighted by atomic mass is 10.0. The Bertz CT molecular complexity index is 450. The molecule has 1 aliphatic rings. The van der Waals surface area contributed by atoms with Crippen molar-refractivity contribution in [1.82, 2.24) is 5.32 Å². The zero-order chi connectivity index (χ0) is 14.0. The molecule has 0 aliphatic heterocycles. The molecule has 2 rings (SSSR count). The van der Waals surface area contributed by atoms with Crippen LogP contribution in [-0.4, -0.2) is 17.6 Å². The van der Waals surface area contributed by atoms with E-state index in [1.807, 2.05) is 24.3 Å². The van der Waals surface area contributed by atoms with Gasteiger partial charge in [-0.15, -0.1) is 0 Å². The fourth-order valence-corrected chi connectivity index (χ4v) is 2.41. The van der Waals surface area contributed by atoms with Crippen LogP contribution in [0.2, 0.25) is 0 Å². The van der Waals surface area contributed by atoms with Crippen molar-refractivity contribution < 1.29 is 9.90 Å². The Balaban J connectivity index is 2.01. The van der Waals surface area contributed by atoms with E-state index < -0.39 is 0 Å². The average Bonchev–Trinajstić information content (AvgIpc) is 3.05. The SMILES string of the molecule is CCc1ccc(C(CO)NC(=O)[C@H]2CC2(C)C)cc1. The van der Waals surface area contributed by atoms with E-state index in [-0.39, 0.29) is 29.9 Å². The van der Waals surface area contributed by atoms with E-state index in [1.165, 1.54) is 5.56 Å². The first-order valence-corrected chi connectivity index (χ1v) is 6.98. The number of carbonyl (C=O) groups excluding carboxylic acids is 1. The van der Waals surface area contributed by atoms with Crippen LogP contribution in [0.4, 0.5) is 0 Å². The van der Waals surface area contributed by atoms with Gasteiger partial charge in [0, 0.05) is 5.92 Å². The molecule has 1 aliphatic carbocycles. The third-order valence-electron chi connectivity index (χ3n) is 4.12. The van der Waals surface area contributed by atoms with E-state index in [4.69, 9.17) is 0 Å². The van der Waals surface area contributed by atoms with Gasteiger partial charge in [0.25, 0.3) is 0 Å². The lowest BCUT2D eigenvalue weighted by molar-refractivity contribution is -0.124. The van der Waals surface area contributed by atoms with Crippen molar-refractivity contribution in [2.24, 2.45) is 11.3 Å². The normalized spacial score (nSPS) is 21.8. The molecular weight excluding hydrogens is 238 g/mol. The molecule has 1 aromatic rings. The van der Waals surface area contributed by atoms with Crippen LogP contribution in [0.15, 0.2) is 24.3 Å². The summed E-state index contributed by atoms with van der Waals surface area (Å²) in [5.41, 5.74) is 2.34. The van der Waals surface area contributed by atoms with Crippen molar-refractivity contribution in [1.29, 1.82) is 0 Å². The van der Waals surface area contributed by atoms with Crippen molar-refractivity contribution >= 4 is 5.91 Å². The fourth-order valence-electron chi connectivity index (χ4n) is 2.41. The van der Waals surface area contributed by atoms with Crippen LogP contribution in [0.3, 0.4) is 0 Å². The quantitative estimate of drug-likeness (QED) is 0.855. The summed E-state index contributed by atoms with van der Waals surface area (Å²) in [4.78, 5) is 12.1. The number of carbonyl (C=O) groups is 1. The molecule has 1 saturated carbocycles. The zero-order valence-corrected chi connectivity index (χ0v) is 11.9. The Morgan fingerprint density at radius 2 is 2.00 bits per heavy atom. The van der Waals surface area contributed by atoms with E-state index >= 15 is 0 Å². The van der Waals surface area contributed by atoms with Crippen molar-refractivity contribution in [3.63, 3.8) is 0 Å². The summed E-state index contributed by atoms with van der Waals surface area (Å²) < 4.78 is 0. The Kier molecular flexibility index (Phi) is 3.95. The minimum Gasteiger partial charge on any atom is -0.394 e. The molecule has 1 aromatic carbocycles. The lowest BCUT2D eigenvalue weighted by Crippen LogP contribution is -2.32. The van der Waals surface area contributed by atoms with Gasteiger partial charge in [-0.3, -0.25) is 4.79 Å². The number of aryl methyl sites for hydroxylation is 1. The van der Waals surface area contributed by atoms with Gasteiger partial charge in [-0.05, 0) is 29.4 Å². The third kappa shape index (κ3) is 3.16. The van der Waals surface area contributed by atoms with Gasteiger partial charge in [0.15, 0.2) is 0 Å². The van der Waals surface area contributed by atoms with E-state index in [0.29, 0.717) is 0 Å². The molecule has 0 radical (unpaired) electrons. The summed E-state index contributed by atoms with van der Waals surface area (Å²) in [6, 6.07) is 7.77. The lowest BCUT2D eigenvalue weighted by Gasteiger charge is -2.17. The fraction of sp³-hybridized carbons (Fsp3) is 0.562. The maximum Gasteiger partial charge on any atom is 0.224 e. The maximum absolute atomic E-state index is 12.1. The molecule has 2 N–H and O–H groups in total. The van der Waals surface area contributed by atoms with Crippen LogP contribution in [0.1, 0.15) is 44.4 Å². The van der Waals surface area contributed by atoms with Gasteiger partial charge in [0.05, 0.1) is 12.6 Å². The minimum absolute atomic E-state index is 0.0589. The highest BCUT2D eigenvalue weighted by Crippen LogP contribution is 2.51. The van der Waals surface area contributed by atoms with Gasteiger partial charge in [-0.1, -0.05) is 45.0 Å². The molecule has 0 saturated heterocycles. The molecule has 19 heavy (non-hydrogen) atoms. The molecule has 1 unspecified atom stereocenters. The third-order valence-corrected chi connectivity index (χ3v) is 4.12. The summed E-state index contributed by atoms with van der Waals surface area (Å²) in [6.45, 7) is 6.24. The molecule has 3 heteroatoms. The highest BCUT2D eigenvalue weighted by molar-refractivity contribution is 5.82. The first-order valence-electron chi connectivity index (χ1n) is 6.98. The highest BCUT2D eigenvalue weighted by Gasteiger charge is 2.50. The minimum atomic E-state index is -0.296. The van der Waals surface area contributed by atoms with E-state index in [0.717, 1.165) is 18.4 Å². The monoisotopic (exact) mass is 261 g/mol. The number of hydrogen-bond donors (Lipinski definition) is 2. The summed E-state index contributed by atoms with van der Waals surface area (Å²) >= 11 is 0. The molecule has 3 nitrogen and oxygen atoms in total. The molecule has 0 bridgehead atoms. The topological polar surface area (TPSA) is 49.3 Å². The second-order valence-electron chi connectivity index (χ2n) is 6.08. The Hall–Kier alpha value is -1.35. The Morgan fingerprint density at radius 3 is 2.42 bits per heavy atom. The van der Waals surface area contributed by atoms with Crippen molar-refractivity contribution in [2.75, 3.05) is 6.61 Å². The summed E-state index contributed by atoms with van der Waals surface area (Å²) in [6.07, 6.45) is 1.93. The smallest absolute Gasteiger partial charge is 0.224 e. The van der Waals surface area contributed by atoms with Crippen LogP contribution in [0, 0.1) is 11.3 Å². The molecule has 104 valence electrons. The van der Waals surface area contributed by atoms with Crippen molar-refractivity contribution in [3.05, 3.63) is 35.4 Å². The Labute approximate surface area is 115 Å². The number of hydrogen-bond acceptors (Lipinski definition) is 2. The van der Waals surface area contributed by atoms with Gasteiger partial charge >= 0.3 is 0 Å². The second-order valence-corrected chi connectivity index (χ2v) is 6.08. The summed E-state index contributed by atoms with van der Waals surface area (Å²) in [7, 11) is 0.